The summed E-state index contributed by atoms with van der Waals surface area (Å²) in [5.74, 6) is 0.0274. The van der Waals surface area contributed by atoms with Crippen LogP contribution in [0.2, 0.25) is 0 Å². The van der Waals surface area contributed by atoms with Crippen LogP contribution >= 0.6 is 0 Å². The fraction of sp³-hybridized carbons (Fsp3) is 0.389. The number of aryl methyl sites for hydroxylation is 1. The monoisotopic (exact) mass is 314 g/mol. The Kier molecular flexibility index (Phi) is 4.79. The predicted octanol–water partition coefficient (Wildman–Crippen LogP) is 1.74. The predicted molar refractivity (Wildman–Crippen MR) is 87.2 cm³/mol. The van der Waals surface area contributed by atoms with Crippen molar-refractivity contribution in [2.75, 3.05) is 19.6 Å². The van der Waals surface area contributed by atoms with Gasteiger partial charge in [-0.1, -0.05) is 24.3 Å². The summed E-state index contributed by atoms with van der Waals surface area (Å²) in [6, 6.07) is 10.2. The van der Waals surface area contributed by atoms with Crippen molar-refractivity contribution in [3.8, 4) is 0 Å². The van der Waals surface area contributed by atoms with E-state index < -0.39 is 6.10 Å². The zero-order valence-electron chi connectivity index (χ0n) is 13.3. The van der Waals surface area contributed by atoms with Gasteiger partial charge >= 0.3 is 0 Å². The summed E-state index contributed by atoms with van der Waals surface area (Å²) in [7, 11) is 0. The fourth-order valence-corrected chi connectivity index (χ4v) is 2.97. The largest absolute Gasteiger partial charge is 0.459 e. The van der Waals surface area contributed by atoms with Crippen LogP contribution < -0.4 is 5.32 Å². The van der Waals surface area contributed by atoms with E-state index in [1.165, 1.54) is 17.4 Å². The van der Waals surface area contributed by atoms with Crippen LogP contribution in [-0.2, 0) is 13.0 Å². The first-order valence-electron chi connectivity index (χ1n) is 7.93. The average molecular weight is 314 g/mol. The molecule has 0 bridgehead atoms. The van der Waals surface area contributed by atoms with E-state index in [4.69, 9.17) is 4.42 Å². The topological polar surface area (TPSA) is 65.7 Å². The van der Waals surface area contributed by atoms with E-state index >= 15 is 0 Å². The van der Waals surface area contributed by atoms with Crippen LogP contribution in [0.1, 0.15) is 27.2 Å². The van der Waals surface area contributed by atoms with E-state index in [0.717, 1.165) is 25.1 Å². The van der Waals surface area contributed by atoms with Gasteiger partial charge < -0.3 is 14.8 Å². The Hall–Kier alpha value is -2.11. The molecule has 122 valence electrons. The molecular weight excluding hydrogens is 292 g/mol. The molecule has 5 nitrogen and oxygen atoms in total. The third-order valence-corrected chi connectivity index (χ3v) is 4.25. The zero-order chi connectivity index (χ0) is 16.2. The number of rotatable bonds is 5. The minimum atomic E-state index is -0.598. The van der Waals surface area contributed by atoms with E-state index in [2.05, 4.69) is 28.4 Å². The Morgan fingerprint density at radius 3 is 2.87 bits per heavy atom. The lowest BCUT2D eigenvalue weighted by molar-refractivity contribution is 0.0820. The second kappa shape index (κ2) is 6.98. The van der Waals surface area contributed by atoms with Crippen molar-refractivity contribution in [2.24, 2.45) is 0 Å². The summed E-state index contributed by atoms with van der Waals surface area (Å²) >= 11 is 0. The molecule has 0 saturated carbocycles. The molecule has 0 saturated heterocycles. The summed E-state index contributed by atoms with van der Waals surface area (Å²) in [5.41, 5.74) is 3.51. The van der Waals surface area contributed by atoms with Crippen molar-refractivity contribution in [2.45, 2.75) is 26.0 Å². The van der Waals surface area contributed by atoms with Crippen molar-refractivity contribution in [3.63, 3.8) is 0 Å². The van der Waals surface area contributed by atoms with Gasteiger partial charge in [-0.15, -0.1) is 0 Å². The first-order chi connectivity index (χ1) is 11.1. The Morgan fingerprint density at radius 2 is 2.13 bits per heavy atom. The molecule has 0 fully saturated rings. The minimum Gasteiger partial charge on any atom is -0.459 e. The first kappa shape index (κ1) is 15.8. The molecule has 2 heterocycles. The molecule has 5 heteroatoms. The Labute approximate surface area is 135 Å². The maximum absolute atomic E-state index is 12.0. The number of aliphatic hydroxyl groups excluding tert-OH is 1. The van der Waals surface area contributed by atoms with Crippen molar-refractivity contribution >= 4 is 5.91 Å². The Balaban J connectivity index is 1.48. The number of amides is 1. The summed E-state index contributed by atoms with van der Waals surface area (Å²) in [6.07, 6.45) is 1.90. The second-order valence-corrected chi connectivity index (χ2v) is 6.05. The lowest BCUT2D eigenvalue weighted by atomic mass is 10.00. The van der Waals surface area contributed by atoms with Crippen LogP contribution in [0.25, 0.3) is 0 Å². The number of nitrogens with zero attached hydrogens (tertiary/aromatic N) is 1. The summed E-state index contributed by atoms with van der Waals surface area (Å²) < 4.78 is 5.14. The van der Waals surface area contributed by atoms with Gasteiger partial charge in [0.2, 0.25) is 0 Å². The van der Waals surface area contributed by atoms with Crippen LogP contribution in [0.4, 0.5) is 0 Å². The molecular formula is C18H22N2O3. The van der Waals surface area contributed by atoms with E-state index in [0.29, 0.717) is 12.3 Å². The summed E-state index contributed by atoms with van der Waals surface area (Å²) in [4.78, 5) is 14.2. The summed E-state index contributed by atoms with van der Waals surface area (Å²) in [5, 5.41) is 12.9. The quantitative estimate of drug-likeness (QED) is 0.882. The van der Waals surface area contributed by atoms with Gasteiger partial charge in [-0.25, -0.2) is 0 Å². The lowest BCUT2D eigenvalue weighted by Crippen LogP contribution is -2.42. The third kappa shape index (κ3) is 3.81. The highest BCUT2D eigenvalue weighted by Gasteiger charge is 2.19. The molecule has 1 unspecified atom stereocenters. The molecule has 0 spiro atoms. The van der Waals surface area contributed by atoms with E-state index in [1.807, 2.05) is 13.0 Å². The number of hydrogen-bond donors (Lipinski definition) is 2. The number of furan rings is 1. The van der Waals surface area contributed by atoms with Gasteiger partial charge in [0.25, 0.3) is 5.91 Å². The van der Waals surface area contributed by atoms with E-state index in [-0.39, 0.29) is 12.5 Å². The van der Waals surface area contributed by atoms with E-state index in [1.54, 1.807) is 6.07 Å². The minimum absolute atomic E-state index is 0.219. The van der Waals surface area contributed by atoms with Gasteiger partial charge in [-0.05, 0) is 30.5 Å². The second-order valence-electron chi connectivity index (χ2n) is 6.05. The van der Waals surface area contributed by atoms with Gasteiger partial charge in [-0.3, -0.25) is 9.69 Å². The van der Waals surface area contributed by atoms with Gasteiger partial charge in [0.15, 0.2) is 5.76 Å². The number of hydrogen-bond acceptors (Lipinski definition) is 4. The van der Waals surface area contributed by atoms with Gasteiger partial charge in [0, 0.05) is 31.7 Å². The van der Waals surface area contributed by atoms with E-state index in [9.17, 15) is 9.90 Å². The van der Waals surface area contributed by atoms with Crippen molar-refractivity contribution < 1.29 is 14.3 Å². The van der Waals surface area contributed by atoms with Crippen molar-refractivity contribution in [1.82, 2.24) is 10.2 Å². The third-order valence-electron chi connectivity index (χ3n) is 4.25. The molecule has 2 N–H and O–H groups in total. The number of benzene rings is 1. The highest BCUT2D eigenvalue weighted by molar-refractivity contribution is 5.92. The maximum atomic E-state index is 12.0. The Morgan fingerprint density at radius 1 is 1.35 bits per heavy atom. The number of carbonyl (C=O) groups excluding carboxylic acids is 1. The zero-order valence-corrected chi connectivity index (χ0v) is 13.3. The standard InChI is InChI=1S/C18H22N2O3/c1-13-7-9-23-17(13)18(22)19-10-16(21)12-20-8-6-14-4-2-3-5-15(14)11-20/h2-5,7,9,16,21H,6,8,10-12H2,1H3,(H,19,22). The smallest absolute Gasteiger partial charge is 0.287 e. The SMILES string of the molecule is Cc1ccoc1C(=O)NCC(O)CN1CCc2ccccc2C1. The molecule has 0 aliphatic carbocycles. The molecule has 1 aliphatic rings. The molecule has 3 rings (SSSR count). The van der Waals surface area contributed by atoms with Gasteiger partial charge in [0.05, 0.1) is 12.4 Å². The fourth-order valence-electron chi connectivity index (χ4n) is 2.97. The van der Waals surface area contributed by atoms with Gasteiger partial charge in [0.1, 0.15) is 0 Å². The molecule has 0 radical (unpaired) electrons. The molecule has 1 aliphatic heterocycles. The number of β-amino-alcohol motifs (C(OH)–C–C–N with tert-alkyl or cyclic N) is 1. The average Bonchev–Trinajstić information content (AvgIpc) is 2.98. The van der Waals surface area contributed by atoms with Crippen LogP contribution in [0.3, 0.4) is 0 Å². The maximum Gasteiger partial charge on any atom is 0.287 e. The van der Waals surface area contributed by atoms with Crippen molar-refractivity contribution in [3.05, 3.63) is 59.0 Å². The molecule has 1 atom stereocenters. The Bertz CT molecular complexity index is 680. The molecule has 1 amide bonds. The van der Waals surface area contributed by atoms with Crippen LogP contribution in [0.5, 0.6) is 0 Å². The number of aliphatic hydroxyl groups is 1. The molecule has 1 aromatic heterocycles. The summed E-state index contributed by atoms with van der Waals surface area (Å²) in [6.45, 7) is 4.36. The number of fused-ring (bicyclic) bond motifs is 1. The normalized spacial score (nSPS) is 15.9. The highest BCUT2D eigenvalue weighted by Crippen LogP contribution is 2.18. The molecule has 23 heavy (non-hydrogen) atoms. The first-order valence-corrected chi connectivity index (χ1v) is 7.93. The lowest BCUT2D eigenvalue weighted by Gasteiger charge is -2.30. The van der Waals surface area contributed by atoms with Crippen LogP contribution in [0.15, 0.2) is 41.0 Å². The van der Waals surface area contributed by atoms with Crippen LogP contribution in [0, 0.1) is 6.92 Å². The molecule has 2 aromatic rings. The van der Waals surface area contributed by atoms with Crippen LogP contribution in [-0.4, -0.2) is 41.7 Å². The van der Waals surface area contributed by atoms with Crippen molar-refractivity contribution in [1.29, 1.82) is 0 Å². The van der Waals surface area contributed by atoms with Gasteiger partial charge in [-0.2, -0.15) is 0 Å². The number of carbonyl (C=O) groups is 1. The molecule has 1 aromatic carbocycles. The highest BCUT2D eigenvalue weighted by atomic mass is 16.3. The number of nitrogens with one attached hydrogen (secondary N) is 1.